The fourth-order valence-corrected chi connectivity index (χ4v) is 4.21. The minimum absolute atomic E-state index is 0.103. The van der Waals surface area contributed by atoms with Crippen LogP contribution in [0, 0.1) is 0 Å². The third-order valence-corrected chi connectivity index (χ3v) is 7.31. The zero-order valence-corrected chi connectivity index (χ0v) is 19.3. The van der Waals surface area contributed by atoms with E-state index < -0.39 is 26.0 Å². The monoisotopic (exact) mass is 469 g/mol. The molecular formula is C20H27N3O6S2. The van der Waals surface area contributed by atoms with Gasteiger partial charge in [-0.05, 0) is 29.8 Å². The summed E-state index contributed by atoms with van der Waals surface area (Å²) in [5, 5.41) is 2.62. The first-order valence-electron chi connectivity index (χ1n) is 9.41. The van der Waals surface area contributed by atoms with Crippen molar-refractivity contribution in [2.45, 2.75) is 11.4 Å². The molecule has 0 saturated carbocycles. The molecule has 2 aromatic rings. The normalized spacial score (nSPS) is 12.2. The van der Waals surface area contributed by atoms with Crippen molar-refractivity contribution in [1.82, 2.24) is 13.9 Å². The fourth-order valence-electron chi connectivity index (χ4n) is 2.57. The molecule has 0 fully saturated rings. The number of carbonyl (C=O) groups excluding carboxylic acids is 1. The van der Waals surface area contributed by atoms with Gasteiger partial charge in [0.2, 0.25) is 26.0 Å². The van der Waals surface area contributed by atoms with Crippen molar-refractivity contribution in [3.8, 4) is 5.75 Å². The first kappa shape index (κ1) is 24.8. The molecule has 0 bridgehead atoms. The van der Waals surface area contributed by atoms with Crippen LogP contribution in [0.2, 0.25) is 0 Å². The largest absolute Gasteiger partial charge is 0.492 e. The van der Waals surface area contributed by atoms with Crippen LogP contribution in [0.5, 0.6) is 5.75 Å². The number of carbonyl (C=O) groups is 1. The number of nitrogens with one attached hydrogen (secondary N) is 1. The van der Waals surface area contributed by atoms with Gasteiger partial charge in [0.1, 0.15) is 12.4 Å². The highest BCUT2D eigenvalue weighted by molar-refractivity contribution is 7.89. The molecule has 170 valence electrons. The summed E-state index contributed by atoms with van der Waals surface area (Å²) in [5.41, 5.74) is 0.781. The fraction of sp³-hybridized carbons (Fsp3) is 0.350. The molecule has 0 aliphatic carbocycles. The third-order valence-electron chi connectivity index (χ3n) is 4.29. The van der Waals surface area contributed by atoms with Gasteiger partial charge in [0.15, 0.2) is 0 Å². The van der Waals surface area contributed by atoms with Crippen molar-refractivity contribution >= 4 is 26.0 Å². The van der Waals surface area contributed by atoms with Crippen molar-refractivity contribution in [2.24, 2.45) is 0 Å². The maximum absolute atomic E-state index is 12.2. The maximum Gasteiger partial charge on any atom is 0.242 e. The second-order valence-corrected chi connectivity index (χ2v) is 11.1. The standard InChI is InChI=1S/C20H27N3O6S2/c1-22(2)31(27,28)19-11-9-18(10-12-19)29-14-13-21-20(24)16-23(30(3,25)26)15-17-7-5-4-6-8-17/h4-12H,13-16H2,1-3H3,(H,21,24). The van der Waals surface area contributed by atoms with Crippen LogP contribution in [0.25, 0.3) is 0 Å². The molecule has 9 nitrogen and oxygen atoms in total. The molecule has 1 N–H and O–H groups in total. The molecule has 0 heterocycles. The summed E-state index contributed by atoms with van der Waals surface area (Å²) < 4.78 is 55.8. The minimum Gasteiger partial charge on any atom is -0.492 e. The van der Waals surface area contributed by atoms with E-state index in [0.717, 1.165) is 20.4 Å². The Morgan fingerprint density at radius 1 is 0.968 bits per heavy atom. The van der Waals surface area contributed by atoms with E-state index in [4.69, 9.17) is 4.74 Å². The minimum atomic E-state index is -3.57. The summed E-state index contributed by atoms with van der Waals surface area (Å²) in [6.07, 6.45) is 1.06. The summed E-state index contributed by atoms with van der Waals surface area (Å²) in [4.78, 5) is 12.3. The van der Waals surface area contributed by atoms with Gasteiger partial charge < -0.3 is 10.1 Å². The van der Waals surface area contributed by atoms with E-state index >= 15 is 0 Å². The van der Waals surface area contributed by atoms with Gasteiger partial charge in [-0.3, -0.25) is 4.79 Å². The van der Waals surface area contributed by atoms with Gasteiger partial charge in [-0.15, -0.1) is 0 Å². The van der Waals surface area contributed by atoms with Crippen LogP contribution in [-0.4, -0.2) is 71.4 Å². The highest BCUT2D eigenvalue weighted by atomic mass is 32.2. The van der Waals surface area contributed by atoms with Gasteiger partial charge in [-0.25, -0.2) is 21.1 Å². The SMILES string of the molecule is CN(C)S(=O)(=O)c1ccc(OCCNC(=O)CN(Cc2ccccc2)S(C)(=O)=O)cc1. The molecule has 1 amide bonds. The lowest BCUT2D eigenvalue weighted by molar-refractivity contribution is -0.121. The van der Waals surface area contributed by atoms with E-state index in [1.807, 2.05) is 6.07 Å². The summed E-state index contributed by atoms with van der Waals surface area (Å²) in [6.45, 7) is 0.110. The summed E-state index contributed by atoms with van der Waals surface area (Å²) in [5.74, 6) is 0.00572. The van der Waals surface area contributed by atoms with Crippen LogP contribution in [0.3, 0.4) is 0 Å². The zero-order valence-electron chi connectivity index (χ0n) is 17.7. The van der Waals surface area contributed by atoms with Gasteiger partial charge in [-0.2, -0.15) is 4.31 Å². The Morgan fingerprint density at radius 3 is 2.13 bits per heavy atom. The molecule has 2 aromatic carbocycles. The average Bonchev–Trinajstić information content (AvgIpc) is 2.71. The highest BCUT2D eigenvalue weighted by Gasteiger charge is 2.20. The summed E-state index contributed by atoms with van der Waals surface area (Å²) in [7, 11) is -4.17. The van der Waals surface area contributed by atoms with Crippen LogP contribution in [0.1, 0.15) is 5.56 Å². The average molecular weight is 470 g/mol. The molecule has 0 spiro atoms. The Balaban J connectivity index is 1.83. The second kappa shape index (κ2) is 10.7. The first-order chi connectivity index (χ1) is 14.5. The smallest absolute Gasteiger partial charge is 0.242 e. The van der Waals surface area contributed by atoms with Crippen LogP contribution in [0.4, 0.5) is 0 Å². The number of ether oxygens (including phenoxy) is 1. The summed E-state index contributed by atoms with van der Waals surface area (Å²) in [6, 6.07) is 15.0. The van der Waals surface area contributed by atoms with Gasteiger partial charge >= 0.3 is 0 Å². The third kappa shape index (κ3) is 7.62. The lowest BCUT2D eigenvalue weighted by atomic mass is 10.2. The molecule has 0 saturated heterocycles. The predicted octanol–water partition coefficient (Wildman–Crippen LogP) is 0.894. The van der Waals surface area contributed by atoms with Gasteiger partial charge in [0, 0.05) is 20.6 Å². The quantitative estimate of drug-likeness (QED) is 0.489. The number of benzene rings is 2. The maximum atomic E-state index is 12.2. The lowest BCUT2D eigenvalue weighted by Crippen LogP contribution is -2.40. The zero-order chi connectivity index (χ0) is 23.1. The number of sulfonamides is 2. The van der Waals surface area contributed by atoms with E-state index in [0.29, 0.717) is 5.75 Å². The number of hydrogen-bond donors (Lipinski definition) is 1. The number of amides is 1. The van der Waals surface area contributed by atoms with Crippen molar-refractivity contribution in [3.05, 3.63) is 60.2 Å². The molecule has 0 radical (unpaired) electrons. The molecular weight excluding hydrogens is 442 g/mol. The van der Waals surface area contributed by atoms with Gasteiger partial charge in [0.25, 0.3) is 0 Å². The summed E-state index contributed by atoms with van der Waals surface area (Å²) >= 11 is 0. The molecule has 0 aliphatic rings. The van der Waals surface area contributed by atoms with Crippen molar-refractivity contribution in [2.75, 3.05) is 40.0 Å². The second-order valence-electron chi connectivity index (χ2n) is 6.97. The predicted molar refractivity (Wildman–Crippen MR) is 118 cm³/mol. The number of nitrogens with zero attached hydrogens (tertiary/aromatic N) is 2. The van der Waals surface area contributed by atoms with Gasteiger partial charge in [0.05, 0.1) is 24.2 Å². The molecule has 31 heavy (non-hydrogen) atoms. The molecule has 0 atom stereocenters. The molecule has 0 unspecified atom stereocenters. The molecule has 0 aliphatic heterocycles. The Labute approximate surface area is 183 Å². The van der Waals surface area contributed by atoms with E-state index in [9.17, 15) is 21.6 Å². The Bertz CT molecular complexity index is 1070. The lowest BCUT2D eigenvalue weighted by Gasteiger charge is -2.19. The molecule has 11 heteroatoms. The van der Waals surface area contributed by atoms with E-state index in [-0.39, 0.29) is 31.1 Å². The highest BCUT2D eigenvalue weighted by Crippen LogP contribution is 2.18. The van der Waals surface area contributed by atoms with Gasteiger partial charge in [-0.1, -0.05) is 30.3 Å². The Morgan fingerprint density at radius 2 is 1.58 bits per heavy atom. The van der Waals surface area contributed by atoms with Crippen LogP contribution in [-0.2, 0) is 31.4 Å². The number of hydrogen-bond acceptors (Lipinski definition) is 6. The molecule has 2 rings (SSSR count). The topological polar surface area (TPSA) is 113 Å². The van der Waals surface area contributed by atoms with Crippen molar-refractivity contribution in [3.63, 3.8) is 0 Å². The van der Waals surface area contributed by atoms with Crippen molar-refractivity contribution < 1.29 is 26.4 Å². The Hall–Kier alpha value is -2.47. The molecule has 0 aromatic heterocycles. The van der Waals surface area contributed by atoms with Crippen LogP contribution >= 0.6 is 0 Å². The van der Waals surface area contributed by atoms with E-state index in [2.05, 4.69) is 5.32 Å². The first-order valence-corrected chi connectivity index (χ1v) is 12.7. The number of rotatable bonds is 11. The van der Waals surface area contributed by atoms with Crippen LogP contribution in [0.15, 0.2) is 59.5 Å². The van der Waals surface area contributed by atoms with Crippen molar-refractivity contribution in [1.29, 1.82) is 0 Å². The Kier molecular flexibility index (Phi) is 8.57. The van der Waals surface area contributed by atoms with Crippen LogP contribution < -0.4 is 10.1 Å². The van der Waals surface area contributed by atoms with E-state index in [1.54, 1.807) is 24.3 Å². The van der Waals surface area contributed by atoms with E-state index in [1.165, 1.54) is 38.4 Å².